The number of hydrogen-bond acceptors (Lipinski definition) is 3. The highest BCUT2D eigenvalue weighted by Crippen LogP contribution is 2.28. The van der Waals surface area contributed by atoms with E-state index in [4.69, 9.17) is 10.00 Å². The van der Waals surface area contributed by atoms with Crippen molar-refractivity contribution < 1.29 is 4.74 Å². The normalized spacial score (nSPS) is 10.1. The number of rotatable bonds is 2. The Bertz CT molecular complexity index is 770. The maximum Gasteiger partial charge on any atom is 0.220 e. The van der Waals surface area contributed by atoms with Gasteiger partial charge in [0.1, 0.15) is 5.75 Å². The first-order valence-corrected chi connectivity index (χ1v) is 5.88. The molecular weight excluding hydrogens is 236 g/mol. The van der Waals surface area contributed by atoms with E-state index < -0.39 is 0 Å². The minimum absolute atomic E-state index is 0.426. The van der Waals surface area contributed by atoms with Gasteiger partial charge in [0, 0.05) is 17.6 Å². The van der Waals surface area contributed by atoms with Crippen molar-refractivity contribution in [2.45, 2.75) is 0 Å². The van der Waals surface area contributed by atoms with E-state index in [1.165, 1.54) is 0 Å². The molecule has 0 N–H and O–H groups in total. The molecule has 1 aromatic heterocycles. The maximum atomic E-state index is 8.87. The summed E-state index contributed by atoms with van der Waals surface area (Å²) in [6, 6.07) is 19.2. The fourth-order valence-electron chi connectivity index (χ4n) is 1.93. The van der Waals surface area contributed by atoms with Gasteiger partial charge in [0.15, 0.2) is 0 Å². The van der Waals surface area contributed by atoms with E-state index in [1.807, 2.05) is 42.5 Å². The molecule has 1 heterocycles. The zero-order valence-electron chi connectivity index (χ0n) is 10.1. The standard InChI is InChI=1S/C16H10N2O/c17-11-12-8-9-18-16(10-12)19-15-7-3-5-13-4-1-2-6-14(13)15/h1-10H. The molecule has 0 amide bonds. The van der Waals surface area contributed by atoms with E-state index >= 15 is 0 Å². The van der Waals surface area contributed by atoms with Crippen LogP contribution in [0.25, 0.3) is 10.8 Å². The molecule has 90 valence electrons. The van der Waals surface area contributed by atoms with Crippen molar-refractivity contribution in [1.29, 1.82) is 5.26 Å². The number of pyridine rings is 1. The van der Waals surface area contributed by atoms with Crippen LogP contribution in [0.4, 0.5) is 0 Å². The minimum Gasteiger partial charge on any atom is -0.438 e. The Morgan fingerprint density at radius 2 is 1.84 bits per heavy atom. The molecule has 0 aliphatic carbocycles. The molecule has 3 heteroatoms. The summed E-state index contributed by atoms with van der Waals surface area (Å²) in [6.07, 6.45) is 1.57. The summed E-state index contributed by atoms with van der Waals surface area (Å²) < 4.78 is 5.77. The molecule has 0 saturated carbocycles. The molecule has 0 bridgehead atoms. The van der Waals surface area contributed by atoms with Gasteiger partial charge < -0.3 is 4.74 Å². The lowest BCUT2D eigenvalue weighted by Crippen LogP contribution is -1.89. The van der Waals surface area contributed by atoms with Crippen molar-refractivity contribution in [2.75, 3.05) is 0 Å². The van der Waals surface area contributed by atoms with Gasteiger partial charge in [0.05, 0.1) is 11.6 Å². The number of aromatic nitrogens is 1. The molecule has 2 aromatic carbocycles. The van der Waals surface area contributed by atoms with Gasteiger partial charge in [-0.1, -0.05) is 36.4 Å². The largest absolute Gasteiger partial charge is 0.438 e. The van der Waals surface area contributed by atoms with Gasteiger partial charge in [0.2, 0.25) is 5.88 Å². The molecule has 3 aromatic rings. The molecule has 19 heavy (non-hydrogen) atoms. The molecule has 0 radical (unpaired) electrons. The van der Waals surface area contributed by atoms with Crippen LogP contribution in [0.3, 0.4) is 0 Å². The molecule has 0 aliphatic heterocycles. The van der Waals surface area contributed by atoms with Gasteiger partial charge in [-0.05, 0) is 17.5 Å². The lowest BCUT2D eigenvalue weighted by molar-refractivity contribution is 0.468. The Balaban J connectivity index is 2.04. The molecule has 0 fully saturated rings. The van der Waals surface area contributed by atoms with Gasteiger partial charge in [-0.25, -0.2) is 4.98 Å². The highest BCUT2D eigenvalue weighted by molar-refractivity contribution is 5.88. The Labute approximate surface area is 110 Å². The predicted molar refractivity (Wildman–Crippen MR) is 73.0 cm³/mol. The SMILES string of the molecule is N#Cc1ccnc(Oc2cccc3ccccc23)c1. The van der Waals surface area contributed by atoms with Gasteiger partial charge in [-0.2, -0.15) is 5.26 Å². The van der Waals surface area contributed by atoms with Crippen molar-refractivity contribution in [3.63, 3.8) is 0 Å². The molecule has 3 nitrogen and oxygen atoms in total. The third-order valence-corrected chi connectivity index (χ3v) is 2.83. The van der Waals surface area contributed by atoms with Gasteiger partial charge in [0.25, 0.3) is 0 Å². The fourth-order valence-corrected chi connectivity index (χ4v) is 1.93. The number of benzene rings is 2. The topological polar surface area (TPSA) is 45.9 Å². The van der Waals surface area contributed by atoms with E-state index in [0.29, 0.717) is 11.4 Å². The second kappa shape index (κ2) is 4.79. The molecule has 0 atom stereocenters. The summed E-state index contributed by atoms with van der Waals surface area (Å²) in [7, 11) is 0. The van der Waals surface area contributed by atoms with Crippen LogP contribution in [-0.2, 0) is 0 Å². The van der Waals surface area contributed by atoms with Gasteiger partial charge in [-0.15, -0.1) is 0 Å². The lowest BCUT2D eigenvalue weighted by atomic mass is 10.1. The number of nitriles is 1. The second-order valence-electron chi connectivity index (χ2n) is 4.07. The molecule has 0 spiro atoms. The van der Waals surface area contributed by atoms with Crippen molar-refractivity contribution in [3.05, 3.63) is 66.4 Å². The minimum atomic E-state index is 0.426. The molecule has 0 aliphatic rings. The highest BCUT2D eigenvalue weighted by atomic mass is 16.5. The van der Waals surface area contributed by atoms with Crippen molar-refractivity contribution in [3.8, 4) is 17.7 Å². The first kappa shape index (κ1) is 11.2. The summed E-state index contributed by atoms with van der Waals surface area (Å²) in [4.78, 5) is 4.12. The number of fused-ring (bicyclic) bond motifs is 1. The predicted octanol–water partition coefficient (Wildman–Crippen LogP) is 3.90. The van der Waals surface area contributed by atoms with Crippen molar-refractivity contribution in [1.82, 2.24) is 4.98 Å². The monoisotopic (exact) mass is 246 g/mol. The highest BCUT2D eigenvalue weighted by Gasteiger charge is 2.04. The van der Waals surface area contributed by atoms with Crippen LogP contribution in [0.1, 0.15) is 5.56 Å². The van der Waals surface area contributed by atoms with Gasteiger partial charge >= 0.3 is 0 Å². The van der Waals surface area contributed by atoms with Crippen molar-refractivity contribution in [2.24, 2.45) is 0 Å². The van der Waals surface area contributed by atoms with Crippen LogP contribution in [-0.4, -0.2) is 4.98 Å². The summed E-state index contributed by atoms with van der Waals surface area (Å²) in [6.45, 7) is 0. The van der Waals surface area contributed by atoms with Crippen molar-refractivity contribution >= 4 is 10.8 Å². The number of hydrogen-bond donors (Lipinski definition) is 0. The Morgan fingerprint density at radius 3 is 2.74 bits per heavy atom. The number of ether oxygens (including phenoxy) is 1. The molecule has 0 unspecified atom stereocenters. The summed E-state index contributed by atoms with van der Waals surface area (Å²) in [5.74, 6) is 1.16. The third-order valence-electron chi connectivity index (χ3n) is 2.83. The van der Waals surface area contributed by atoms with Crippen LogP contribution in [0.2, 0.25) is 0 Å². The lowest BCUT2D eigenvalue weighted by Gasteiger charge is -2.07. The van der Waals surface area contributed by atoms with Crippen LogP contribution in [0.5, 0.6) is 11.6 Å². The first-order valence-electron chi connectivity index (χ1n) is 5.88. The molecule has 0 saturated heterocycles. The number of nitrogens with zero attached hydrogens (tertiary/aromatic N) is 2. The summed E-state index contributed by atoms with van der Waals surface area (Å²) in [5.41, 5.74) is 0.533. The van der Waals surface area contributed by atoms with Crippen LogP contribution in [0.15, 0.2) is 60.8 Å². The van der Waals surface area contributed by atoms with Crippen LogP contribution >= 0.6 is 0 Å². The Morgan fingerprint density at radius 1 is 1.00 bits per heavy atom. The third kappa shape index (κ3) is 2.24. The van der Waals surface area contributed by atoms with E-state index in [-0.39, 0.29) is 0 Å². The zero-order chi connectivity index (χ0) is 13.1. The Kier molecular flexibility index (Phi) is 2.83. The second-order valence-corrected chi connectivity index (χ2v) is 4.07. The van der Waals surface area contributed by atoms with Crippen LogP contribution < -0.4 is 4.74 Å². The van der Waals surface area contributed by atoms with E-state index in [9.17, 15) is 0 Å². The summed E-state index contributed by atoms with van der Waals surface area (Å²) >= 11 is 0. The Hall–Kier alpha value is -2.86. The average molecular weight is 246 g/mol. The van der Waals surface area contributed by atoms with E-state index in [0.717, 1.165) is 16.5 Å². The summed E-state index contributed by atoms with van der Waals surface area (Å²) in [5, 5.41) is 11.0. The van der Waals surface area contributed by atoms with Gasteiger partial charge in [-0.3, -0.25) is 0 Å². The average Bonchev–Trinajstić information content (AvgIpc) is 2.48. The fraction of sp³-hybridized carbons (Fsp3) is 0. The van der Waals surface area contributed by atoms with E-state index in [1.54, 1.807) is 18.3 Å². The van der Waals surface area contributed by atoms with Crippen LogP contribution in [0, 0.1) is 11.3 Å². The zero-order valence-corrected chi connectivity index (χ0v) is 10.1. The smallest absolute Gasteiger partial charge is 0.220 e. The molecule has 3 rings (SSSR count). The molecular formula is C16H10N2O. The quantitative estimate of drug-likeness (QED) is 0.688. The maximum absolute atomic E-state index is 8.87. The van der Waals surface area contributed by atoms with E-state index in [2.05, 4.69) is 11.1 Å². The first-order chi connectivity index (χ1) is 9.36.